The number of carboxylic acid groups (broad SMARTS) is 1. The Kier molecular flexibility index (Phi) is 2.55. The van der Waals surface area contributed by atoms with Gasteiger partial charge in [0.25, 0.3) is 0 Å². The number of aromatic carboxylic acids is 1. The molecule has 1 fully saturated rings. The summed E-state index contributed by atoms with van der Waals surface area (Å²) >= 11 is 0. The number of hydrogen-bond donors (Lipinski definition) is 2. The van der Waals surface area contributed by atoms with Crippen molar-refractivity contribution in [2.45, 2.75) is 25.7 Å². The molecule has 0 saturated heterocycles. The maximum Gasteiger partial charge on any atom is 0.356 e. The molecule has 1 aromatic heterocycles. The average Bonchev–Trinajstić information content (AvgIpc) is 3.09. The van der Waals surface area contributed by atoms with E-state index in [4.69, 9.17) is 5.11 Å². The van der Waals surface area contributed by atoms with E-state index in [2.05, 4.69) is 5.10 Å². The van der Waals surface area contributed by atoms with Crippen LogP contribution in [0.4, 0.5) is 0 Å². The van der Waals surface area contributed by atoms with Crippen molar-refractivity contribution in [1.29, 1.82) is 0 Å². The van der Waals surface area contributed by atoms with Gasteiger partial charge in [0.15, 0.2) is 5.69 Å². The Morgan fingerprint density at radius 1 is 1.37 bits per heavy atom. The van der Waals surface area contributed by atoms with Crippen LogP contribution >= 0.6 is 0 Å². The van der Waals surface area contributed by atoms with Gasteiger partial charge >= 0.3 is 5.97 Å². The van der Waals surface area contributed by atoms with Gasteiger partial charge in [-0.1, -0.05) is 6.07 Å². The molecule has 0 radical (unpaired) electrons. The van der Waals surface area contributed by atoms with Crippen LogP contribution in [0.25, 0.3) is 5.69 Å². The van der Waals surface area contributed by atoms with Crippen LogP contribution in [0, 0.1) is 6.92 Å². The van der Waals surface area contributed by atoms with E-state index in [0.717, 1.165) is 24.1 Å². The van der Waals surface area contributed by atoms with E-state index < -0.39 is 5.97 Å². The summed E-state index contributed by atoms with van der Waals surface area (Å²) in [5, 5.41) is 23.1. The molecule has 1 aliphatic rings. The standard InChI is InChI=1S/C14H14N2O3/c1-8-2-5-11(13(17)6-8)16-12(9-3-4-9)7-10(15-16)14(18)19/h2,5-7,9,17H,3-4H2,1H3,(H,18,19). The van der Waals surface area contributed by atoms with E-state index in [1.807, 2.05) is 13.0 Å². The van der Waals surface area contributed by atoms with Gasteiger partial charge in [0, 0.05) is 11.6 Å². The van der Waals surface area contributed by atoms with Crippen LogP contribution in [0.3, 0.4) is 0 Å². The lowest BCUT2D eigenvalue weighted by molar-refractivity contribution is 0.0690. The number of aryl methyl sites for hydroxylation is 1. The van der Waals surface area contributed by atoms with Crippen LogP contribution in [0.1, 0.15) is 40.5 Å². The summed E-state index contributed by atoms with van der Waals surface area (Å²) in [6.07, 6.45) is 2.08. The van der Waals surface area contributed by atoms with Crippen LogP contribution in [-0.4, -0.2) is 26.0 Å². The third-order valence-electron chi connectivity index (χ3n) is 3.31. The first-order valence-electron chi connectivity index (χ1n) is 6.19. The lowest BCUT2D eigenvalue weighted by atomic mass is 10.2. The second-order valence-corrected chi connectivity index (χ2v) is 4.94. The molecule has 2 N–H and O–H groups in total. The molecule has 0 unspecified atom stereocenters. The molecule has 3 rings (SSSR count). The van der Waals surface area contributed by atoms with Crippen molar-refractivity contribution in [1.82, 2.24) is 9.78 Å². The number of nitrogens with zero attached hydrogens (tertiary/aromatic N) is 2. The molecule has 1 aliphatic carbocycles. The summed E-state index contributed by atoms with van der Waals surface area (Å²) in [5.41, 5.74) is 2.35. The van der Waals surface area contributed by atoms with Crippen LogP contribution in [-0.2, 0) is 0 Å². The monoisotopic (exact) mass is 258 g/mol. The minimum Gasteiger partial charge on any atom is -0.506 e. The van der Waals surface area contributed by atoms with E-state index in [0.29, 0.717) is 11.6 Å². The van der Waals surface area contributed by atoms with Crippen molar-refractivity contribution in [3.63, 3.8) is 0 Å². The van der Waals surface area contributed by atoms with Gasteiger partial charge in [-0.15, -0.1) is 0 Å². The molecule has 2 aromatic rings. The topological polar surface area (TPSA) is 75.4 Å². The molecule has 0 amide bonds. The fourth-order valence-corrected chi connectivity index (χ4v) is 2.18. The largest absolute Gasteiger partial charge is 0.506 e. The van der Waals surface area contributed by atoms with Crippen LogP contribution in [0.2, 0.25) is 0 Å². The van der Waals surface area contributed by atoms with Crippen LogP contribution < -0.4 is 0 Å². The van der Waals surface area contributed by atoms with Crippen molar-refractivity contribution in [3.8, 4) is 11.4 Å². The average molecular weight is 258 g/mol. The molecule has 1 saturated carbocycles. The zero-order valence-corrected chi connectivity index (χ0v) is 10.5. The minimum atomic E-state index is -1.05. The number of benzene rings is 1. The molecule has 5 nitrogen and oxygen atoms in total. The van der Waals surface area contributed by atoms with Gasteiger partial charge in [-0.05, 0) is 43.5 Å². The number of hydrogen-bond acceptors (Lipinski definition) is 3. The zero-order chi connectivity index (χ0) is 13.6. The van der Waals surface area contributed by atoms with E-state index in [1.165, 1.54) is 0 Å². The van der Waals surface area contributed by atoms with Crippen molar-refractivity contribution < 1.29 is 15.0 Å². The Morgan fingerprint density at radius 2 is 2.11 bits per heavy atom. The molecule has 19 heavy (non-hydrogen) atoms. The van der Waals surface area contributed by atoms with Crippen LogP contribution in [0.5, 0.6) is 5.75 Å². The first kappa shape index (κ1) is 11.8. The highest BCUT2D eigenvalue weighted by Crippen LogP contribution is 2.41. The number of phenolic OH excluding ortho intramolecular Hbond substituents is 1. The third kappa shape index (κ3) is 2.07. The molecule has 98 valence electrons. The summed E-state index contributed by atoms with van der Waals surface area (Å²) in [7, 11) is 0. The summed E-state index contributed by atoms with van der Waals surface area (Å²) in [6, 6.07) is 6.87. The molecule has 0 aliphatic heterocycles. The van der Waals surface area contributed by atoms with Gasteiger partial charge in [0.05, 0.1) is 0 Å². The molecule has 0 atom stereocenters. The van der Waals surface area contributed by atoms with Crippen molar-refractivity contribution >= 4 is 5.97 Å². The van der Waals surface area contributed by atoms with Gasteiger partial charge in [0.2, 0.25) is 0 Å². The van der Waals surface area contributed by atoms with E-state index in [-0.39, 0.29) is 11.4 Å². The maximum atomic E-state index is 11.0. The molecule has 0 spiro atoms. The molecule has 1 aromatic carbocycles. The second kappa shape index (κ2) is 4.12. The Balaban J connectivity index is 2.15. The maximum absolute atomic E-state index is 11.0. The molecule has 1 heterocycles. The Labute approximate surface area is 110 Å². The number of carboxylic acids is 1. The summed E-state index contributed by atoms with van der Waals surface area (Å²) in [5.74, 6) is -0.588. The predicted octanol–water partition coefficient (Wildman–Crippen LogP) is 2.46. The second-order valence-electron chi connectivity index (χ2n) is 4.94. The quantitative estimate of drug-likeness (QED) is 0.886. The Bertz CT molecular complexity index is 657. The van der Waals surface area contributed by atoms with Gasteiger partial charge in [0.1, 0.15) is 11.4 Å². The normalized spacial score (nSPS) is 14.6. The first-order chi connectivity index (χ1) is 9.06. The van der Waals surface area contributed by atoms with E-state index in [9.17, 15) is 9.90 Å². The number of rotatable bonds is 3. The van der Waals surface area contributed by atoms with Gasteiger partial charge < -0.3 is 10.2 Å². The van der Waals surface area contributed by atoms with Crippen molar-refractivity contribution in [2.24, 2.45) is 0 Å². The van der Waals surface area contributed by atoms with Gasteiger partial charge in [-0.25, -0.2) is 9.48 Å². The van der Waals surface area contributed by atoms with Crippen molar-refractivity contribution in [2.75, 3.05) is 0 Å². The van der Waals surface area contributed by atoms with Crippen molar-refractivity contribution in [3.05, 3.63) is 41.2 Å². The summed E-state index contributed by atoms with van der Waals surface area (Å²) in [4.78, 5) is 11.0. The Morgan fingerprint density at radius 3 is 2.68 bits per heavy atom. The SMILES string of the molecule is Cc1ccc(-n2nc(C(=O)O)cc2C2CC2)c(O)c1. The lowest BCUT2D eigenvalue weighted by Crippen LogP contribution is -2.03. The number of phenols is 1. The summed E-state index contributed by atoms with van der Waals surface area (Å²) in [6.45, 7) is 1.89. The highest BCUT2D eigenvalue weighted by atomic mass is 16.4. The highest BCUT2D eigenvalue weighted by Gasteiger charge is 2.30. The number of aromatic hydroxyl groups is 1. The Hall–Kier alpha value is -2.30. The van der Waals surface area contributed by atoms with E-state index in [1.54, 1.807) is 22.9 Å². The van der Waals surface area contributed by atoms with E-state index >= 15 is 0 Å². The molecule has 5 heteroatoms. The molecule has 0 bridgehead atoms. The van der Waals surface area contributed by atoms with Gasteiger partial charge in [-0.2, -0.15) is 5.10 Å². The molecular weight excluding hydrogens is 244 g/mol. The number of carbonyl (C=O) groups is 1. The zero-order valence-electron chi connectivity index (χ0n) is 10.5. The fourth-order valence-electron chi connectivity index (χ4n) is 2.18. The first-order valence-corrected chi connectivity index (χ1v) is 6.19. The predicted molar refractivity (Wildman–Crippen MR) is 68.9 cm³/mol. The lowest BCUT2D eigenvalue weighted by Gasteiger charge is -2.09. The molecular formula is C14H14N2O3. The smallest absolute Gasteiger partial charge is 0.356 e. The number of aromatic nitrogens is 2. The minimum absolute atomic E-state index is 0.0156. The van der Waals surface area contributed by atoms with Crippen LogP contribution in [0.15, 0.2) is 24.3 Å². The summed E-state index contributed by atoms with van der Waals surface area (Å²) < 4.78 is 1.55. The third-order valence-corrected chi connectivity index (χ3v) is 3.31. The van der Waals surface area contributed by atoms with Gasteiger partial charge in [-0.3, -0.25) is 0 Å². The fraction of sp³-hybridized carbons (Fsp3) is 0.286. The highest BCUT2D eigenvalue weighted by molar-refractivity contribution is 5.85.